The molecule has 0 saturated carbocycles. The third-order valence-corrected chi connectivity index (χ3v) is 3.00. The maximum atomic E-state index is 13.5. The summed E-state index contributed by atoms with van der Waals surface area (Å²) in [6, 6.07) is 12.7. The van der Waals surface area contributed by atoms with Crippen LogP contribution in [0.3, 0.4) is 0 Å². The molecule has 0 heterocycles. The molecule has 0 fully saturated rings. The third-order valence-electron chi connectivity index (χ3n) is 3.00. The van der Waals surface area contributed by atoms with Gasteiger partial charge in [0, 0.05) is 17.8 Å². The van der Waals surface area contributed by atoms with Gasteiger partial charge in [-0.15, -0.1) is 0 Å². The van der Waals surface area contributed by atoms with Crippen LogP contribution in [0.1, 0.15) is 25.0 Å². The van der Waals surface area contributed by atoms with Crippen molar-refractivity contribution in [2.75, 3.05) is 5.32 Å². The van der Waals surface area contributed by atoms with Crippen LogP contribution in [0, 0.1) is 12.7 Å². The van der Waals surface area contributed by atoms with Crippen LogP contribution in [0.15, 0.2) is 42.5 Å². The lowest BCUT2D eigenvalue weighted by molar-refractivity contribution is 0.242. The van der Waals surface area contributed by atoms with Crippen molar-refractivity contribution in [3.63, 3.8) is 0 Å². The highest BCUT2D eigenvalue weighted by atomic mass is 19.1. The Hall–Kier alpha value is -2.03. The zero-order chi connectivity index (χ0) is 14.5. The number of hydrogen-bond acceptors (Lipinski definition) is 2. The van der Waals surface area contributed by atoms with E-state index in [4.69, 9.17) is 4.74 Å². The summed E-state index contributed by atoms with van der Waals surface area (Å²) < 4.78 is 19.2. The number of halogens is 1. The van der Waals surface area contributed by atoms with E-state index >= 15 is 0 Å². The number of hydrogen-bond donors (Lipinski definition) is 1. The maximum Gasteiger partial charge on any atom is 0.128 e. The Morgan fingerprint density at radius 3 is 2.55 bits per heavy atom. The van der Waals surface area contributed by atoms with E-state index in [9.17, 15) is 4.39 Å². The van der Waals surface area contributed by atoms with E-state index in [-0.39, 0.29) is 11.9 Å². The zero-order valence-electron chi connectivity index (χ0n) is 12.1. The predicted octanol–water partition coefficient (Wildman–Crippen LogP) is 4.53. The molecule has 2 nitrogen and oxygen atoms in total. The predicted molar refractivity (Wildman–Crippen MR) is 80.7 cm³/mol. The minimum absolute atomic E-state index is 0.159. The van der Waals surface area contributed by atoms with Crippen LogP contribution in [0.5, 0.6) is 5.75 Å². The summed E-state index contributed by atoms with van der Waals surface area (Å²) in [7, 11) is 0. The molecule has 0 aromatic heterocycles. The molecule has 0 bridgehead atoms. The van der Waals surface area contributed by atoms with Crippen molar-refractivity contribution < 1.29 is 9.13 Å². The van der Waals surface area contributed by atoms with Crippen molar-refractivity contribution in [2.24, 2.45) is 0 Å². The Morgan fingerprint density at radius 2 is 1.90 bits per heavy atom. The third kappa shape index (κ3) is 3.73. The van der Waals surface area contributed by atoms with Gasteiger partial charge in [0.2, 0.25) is 0 Å². The Kier molecular flexibility index (Phi) is 4.61. The van der Waals surface area contributed by atoms with Crippen LogP contribution in [0.4, 0.5) is 10.1 Å². The summed E-state index contributed by atoms with van der Waals surface area (Å²) in [6.45, 7) is 6.48. The van der Waals surface area contributed by atoms with E-state index in [1.54, 1.807) is 12.1 Å². The average Bonchev–Trinajstić information content (AvgIpc) is 2.39. The van der Waals surface area contributed by atoms with Gasteiger partial charge >= 0.3 is 0 Å². The molecule has 1 N–H and O–H groups in total. The lowest BCUT2D eigenvalue weighted by Gasteiger charge is -2.14. The van der Waals surface area contributed by atoms with Crippen molar-refractivity contribution in [3.05, 3.63) is 59.4 Å². The smallest absolute Gasteiger partial charge is 0.128 e. The lowest BCUT2D eigenvalue weighted by Crippen LogP contribution is -2.06. The highest BCUT2D eigenvalue weighted by Crippen LogP contribution is 2.23. The van der Waals surface area contributed by atoms with Crippen LogP contribution < -0.4 is 10.1 Å². The summed E-state index contributed by atoms with van der Waals surface area (Å²) in [5, 5.41) is 3.26. The second-order valence-corrected chi connectivity index (χ2v) is 5.09. The summed E-state index contributed by atoms with van der Waals surface area (Å²) >= 11 is 0. The maximum absolute atomic E-state index is 13.5. The van der Waals surface area contributed by atoms with E-state index in [1.807, 2.05) is 45.0 Å². The van der Waals surface area contributed by atoms with E-state index in [2.05, 4.69) is 5.32 Å². The Morgan fingerprint density at radius 1 is 1.15 bits per heavy atom. The molecule has 0 spiro atoms. The second-order valence-electron chi connectivity index (χ2n) is 5.09. The lowest BCUT2D eigenvalue weighted by atomic mass is 10.1. The minimum Gasteiger partial charge on any atom is -0.491 e. The molecule has 20 heavy (non-hydrogen) atoms. The standard InChI is InChI=1S/C17H20FNO/c1-12(2)20-15-8-9-17(13(3)10-15)19-11-14-6-4-5-7-16(14)18/h4-10,12,19H,11H2,1-3H3. The fourth-order valence-corrected chi connectivity index (χ4v) is 2.01. The number of aryl methyl sites for hydroxylation is 1. The Labute approximate surface area is 119 Å². The van der Waals surface area contributed by atoms with Crippen molar-refractivity contribution >= 4 is 5.69 Å². The average molecular weight is 273 g/mol. The molecular formula is C17H20FNO. The first kappa shape index (κ1) is 14.4. The number of anilines is 1. The molecule has 2 aromatic carbocycles. The molecule has 0 aliphatic carbocycles. The molecule has 0 aliphatic rings. The van der Waals surface area contributed by atoms with Crippen LogP contribution in [-0.4, -0.2) is 6.10 Å². The summed E-state index contributed by atoms with van der Waals surface area (Å²) in [4.78, 5) is 0. The van der Waals surface area contributed by atoms with E-state index < -0.39 is 0 Å². The first-order valence-corrected chi connectivity index (χ1v) is 6.81. The Bertz CT molecular complexity index is 581. The number of benzene rings is 2. The van der Waals surface area contributed by atoms with Crippen molar-refractivity contribution in [1.29, 1.82) is 0 Å². The largest absolute Gasteiger partial charge is 0.491 e. The number of rotatable bonds is 5. The molecule has 0 radical (unpaired) electrons. The summed E-state index contributed by atoms with van der Waals surface area (Å²) in [6.07, 6.45) is 0.159. The van der Waals surface area contributed by atoms with Crippen molar-refractivity contribution in [3.8, 4) is 5.75 Å². The van der Waals surface area contributed by atoms with E-state index in [1.165, 1.54) is 6.07 Å². The molecule has 0 atom stereocenters. The fourth-order valence-electron chi connectivity index (χ4n) is 2.01. The van der Waals surface area contributed by atoms with Crippen LogP contribution in [-0.2, 0) is 6.54 Å². The van der Waals surface area contributed by atoms with Crippen molar-refractivity contribution in [2.45, 2.75) is 33.4 Å². The van der Waals surface area contributed by atoms with Gasteiger partial charge in [0.05, 0.1) is 6.10 Å². The molecule has 0 aliphatic heterocycles. The monoisotopic (exact) mass is 273 g/mol. The van der Waals surface area contributed by atoms with Crippen molar-refractivity contribution in [1.82, 2.24) is 0 Å². The van der Waals surface area contributed by atoms with Crippen LogP contribution in [0.2, 0.25) is 0 Å². The molecule has 0 unspecified atom stereocenters. The molecule has 2 rings (SSSR count). The van der Waals surface area contributed by atoms with Gasteiger partial charge in [0.1, 0.15) is 11.6 Å². The quantitative estimate of drug-likeness (QED) is 0.864. The molecule has 3 heteroatoms. The van der Waals surface area contributed by atoms with Gasteiger partial charge in [0.15, 0.2) is 0 Å². The summed E-state index contributed by atoms with van der Waals surface area (Å²) in [5.74, 6) is 0.673. The fraction of sp³-hybridized carbons (Fsp3) is 0.294. The highest BCUT2D eigenvalue weighted by molar-refractivity contribution is 5.53. The molecule has 106 valence electrons. The van der Waals surface area contributed by atoms with Gasteiger partial charge in [-0.2, -0.15) is 0 Å². The number of nitrogens with one attached hydrogen (secondary N) is 1. The van der Waals surface area contributed by atoms with Gasteiger partial charge in [-0.05, 0) is 50.6 Å². The summed E-state index contributed by atoms with van der Waals surface area (Å²) in [5.41, 5.74) is 2.73. The van der Waals surface area contributed by atoms with Gasteiger partial charge in [-0.3, -0.25) is 0 Å². The molecule has 0 amide bonds. The molecule has 0 saturated heterocycles. The topological polar surface area (TPSA) is 21.3 Å². The minimum atomic E-state index is -0.183. The van der Waals surface area contributed by atoms with E-state index in [0.717, 1.165) is 17.0 Å². The molecule has 2 aromatic rings. The SMILES string of the molecule is Cc1cc(OC(C)C)ccc1NCc1ccccc1F. The Balaban J connectivity index is 2.05. The highest BCUT2D eigenvalue weighted by Gasteiger charge is 2.04. The zero-order valence-corrected chi connectivity index (χ0v) is 12.1. The van der Waals surface area contributed by atoms with Gasteiger partial charge in [0.25, 0.3) is 0 Å². The first-order chi connectivity index (χ1) is 9.56. The number of ether oxygens (including phenoxy) is 1. The van der Waals surface area contributed by atoms with Gasteiger partial charge < -0.3 is 10.1 Å². The first-order valence-electron chi connectivity index (χ1n) is 6.81. The second kappa shape index (κ2) is 6.42. The van der Waals surface area contributed by atoms with Crippen LogP contribution in [0.25, 0.3) is 0 Å². The normalized spacial score (nSPS) is 10.7. The van der Waals surface area contributed by atoms with E-state index in [0.29, 0.717) is 12.1 Å². The van der Waals surface area contributed by atoms with Gasteiger partial charge in [-0.25, -0.2) is 4.39 Å². The van der Waals surface area contributed by atoms with Gasteiger partial charge in [-0.1, -0.05) is 18.2 Å². The molecular weight excluding hydrogens is 253 g/mol. The van der Waals surface area contributed by atoms with Crippen LogP contribution >= 0.6 is 0 Å².